The fraction of sp³-hybridized carbons (Fsp3) is 0.583. The highest BCUT2D eigenvalue weighted by Crippen LogP contribution is 2.31. The van der Waals surface area contributed by atoms with Crippen molar-refractivity contribution in [1.29, 1.82) is 0 Å². The molecule has 9 heteroatoms. The third-order valence-corrected chi connectivity index (χ3v) is 2.90. The van der Waals surface area contributed by atoms with Crippen LogP contribution in [-0.2, 0) is 18.0 Å². The minimum absolute atomic E-state index is 0.152. The number of hydrogen-bond acceptors (Lipinski definition) is 3. The summed E-state index contributed by atoms with van der Waals surface area (Å²) in [6, 6.07) is -1.22. The molecule has 0 saturated carbocycles. The Balaban J connectivity index is 2.96. The monoisotopic (exact) mass is 307 g/mol. The lowest BCUT2D eigenvalue weighted by Gasteiger charge is -2.15. The number of halogens is 3. The van der Waals surface area contributed by atoms with Crippen LogP contribution >= 0.6 is 0 Å². The van der Waals surface area contributed by atoms with Gasteiger partial charge in [0.1, 0.15) is 6.04 Å². The number of aromatic nitrogens is 2. The Morgan fingerprint density at radius 2 is 2.10 bits per heavy atom. The summed E-state index contributed by atoms with van der Waals surface area (Å²) in [5, 5.41) is 14.5. The van der Waals surface area contributed by atoms with Crippen molar-refractivity contribution < 1.29 is 27.9 Å². The molecule has 0 bridgehead atoms. The number of rotatable bonds is 6. The number of amides is 1. The first-order chi connectivity index (χ1) is 9.68. The molecule has 1 atom stereocenters. The smallest absolute Gasteiger partial charge is 0.433 e. The van der Waals surface area contributed by atoms with Gasteiger partial charge >= 0.3 is 12.1 Å². The molecule has 118 valence electrons. The molecule has 0 radical (unpaired) electrons. The molecule has 1 aromatic heterocycles. The zero-order chi connectivity index (χ0) is 16.2. The summed E-state index contributed by atoms with van der Waals surface area (Å²) in [5.74, 6) is -2.38. The van der Waals surface area contributed by atoms with Crippen LogP contribution in [0.25, 0.3) is 0 Å². The minimum Gasteiger partial charge on any atom is -0.480 e. The SMILES string of the molecule is CCCCC(NC(=O)c1cnn(C)c1C(F)(F)F)C(=O)O. The largest absolute Gasteiger partial charge is 0.480 e. The lowest BCUT2D eigenvalue weighted by atomic mass is 10.1. The number of carbonyl (C=O) groups excluding carboxylic acids is 1. The van der Waals surface area contributed by atoms with Crippen molar-refractivity contribution in [2.75, 3.05) is 0 Å². The average molecular weight is 307 g/mol. The molecule has 0 aliphatic carbocycles. The van der Waals surface area contributed by atoms with E-state index in [9.17, 15) is 22.8 Å². The fourth-order valence-corrected chi connectivity index (χ4v) is 1.84. The van der Waals surface area contributed by atoms with E-state index >= 15 is 0 Å². The van der Waals surface area contributed by atoms with Gasteiger partial charge in [0, 0.05) is 7.05 Å². The van der Waals surface area contributed by atoms with Crippen LogP contribution in [0.1, 0.15) is 42.2 Å². The van der Waals surface area contributed by atoms with Crippen LogP contribution in [-0.4, -0.2) is 32.8 Å². The van der Waals surface area contributed by atoms with Gasteiger partial charge in [0.15, 0.2) is 5.69 Å². The number of nitrogens with one attached hydrogen (secondary N) is 1. The molecule has 0 aliphatic heterocycles. The zero-order valence-corrected chi connectivity index (χ0v) is 11.6. The molecular formula is C12H16F3N3O3. The summed E-state index contributed by atoms with van der Waals surface area (Å²) in [6.45, 7) is 1.84. The van der Waals surface area contributed by atoms with Gasteiger partial charge in [-0.3, -0.25) is 9.48 Å². The van der Waals surface area contributed by atoms with E-state index in [2.05, 4.69) is 10.4 Å². The number of carboxylic acids is 1. The van der Waals surface area contributed by atoms with E-state index < -0.39 is 35.4 Å². The van der Waals surface area contributed by atoms with E-state index in [1.165, 1.54) is 0 Å². The summed E-state index contributed by atoms with van der Waals surface area (Å²) < 4.78 is 39.1. The van der Waals surface area contributed by atoms with E-state index in [1.807, 2.05) is 6.92 Å². The van der Waals surface area contributed by atoms with E-state index in [0.717, 1.165) is 13.2 Å². The topological polar surface area (TPSA) is 84.2 Å². The molecule has 2 N–H and O–H groups in total. The molecule has 1 rings (SSSR count). The highest BCUT2D eigenvalue weighted by Gasteiger charge is 2.39. The van der Waals surface area contributed by atoms with Crippen molar-refractivity contribution in [2.45, 2.75) is 38.4 Å². The van der Waals surface area contributed by atoms with Gasteiger partial charge in [-0.15, -0.1) is 0 Å². The second kappa shape index (κ2) is 6.59. The lowest BCUT2D eigenvalue weighted by Crippen LogP contribution is -2.41. The number of unbranched alkanes of at least 4 members (excludes halogenated alkanes) is 1. The van der Waals surface area contributed by atoms with Crippen molar-refractivity contribution in [2.24, 2.45) is 7.05 Å². The maximum absolute atomic E-state index is 12.8. The lowest BCUT2D eigenvalue weighted by molar-refractivity contribution is -0.144. The van der Waals surface area contributed by atoms with E-state index in [4.69, 9.17) is 5.11 Å². The molecule has 0 spiro atoms. The Kier molecular flexibility index (Phi) is 5.34. The number of carbonyl (C=O) groups is 2. The van der Waals surface area contributed by atoms with Gasteiger partial charge in [-0.05, 0) is 6.42 Å². The Morgan fingerprint density at radius 1 is 1.48 bits per heavy atom. The Hall–Kier alpha value is -2.06. The fourth-order valence-electron chi connectivity index (χ4n) is 1.84. The van der Waals surface area contributed by atoms with Gasteiger partial charge in [-0.1, -0.05) is 19.8 Å². The molecule has 6 nitrogen and oxygen atoms in total. The third kappa shape index (κ3) is 4.20. The first-order valence-corrected chi connectivity index (χ1v) is 6.31. The Bertz CT molecular complexity index is 526. The second-order valence-electron chi connectivity index (χ2n) is 4.53. The first-order valence-electron chi connectivity index (χ1n) is 6.31. The number of carboxylic acid groups (broad SMARTS) is 1. The molecule has 0 aliphatic rings. The van der Waals surface area contributed by atoms with Crippen LogP contribution in [0.3, 0.4) is 0 Å². The highest BCUT2D eigenvalue weighted by molar-refractivity contribution is 5.97. The number of nitrogens with zero attached hydrogens (tertiary/aromatic N) is 2. The number of aliphatic carboxylic acids is 1. The van der Waals surface area contributed by atoms with Gasteiger partial charge in [-0.2, -0.15) is 18.3 Å². The quantitative estimate of drug-likeness (QED) is 0.839. The van der Waals surface area contributed by atoms with Gasteiger partial charge in [0.05, 0.1) is 11.8 Å². The molecule has 0 saturated heterocycles. The maximum atomic E-state index is 12.8. The third-order valence-electron chi connectivity index (χ3n) is 2.90. The summed E-state index contributed by atoms with van der Waals surface area (Å²) in [4.78, 5) is 22.9. The van der Waals surface area contributed by atoms with E-state index in [1.54, 1.807) is 0 Å². The number of alkyl halides is 3. The molecule has 21 heavy (non-hydrogen) atoms. The van der Waals surface area contributed by atoms with Crippen molar-refractivity contribution in [3.8, 4) is 0 Å². The summed E-state index contributed by atoms with van der Waals surface area (Å²) in [6.07, 6.45) is -2.58. The van der Waals surface area contributed by atoms with Crippen LogP contribution in [0.2, 0.25) is 0 Å². The van der Waals surface area contributed by atoms with Gasteiger partial charge in [0.2, 0.25) is 0 Å². The van der Waals surface area contributed by atoms with Crippen LogP contribution in [0.5, 0.6) is 0 Å². The molecule has 1 heterocycles. The van der Waals surface area contributed by atoms with E-state index in [0.29, 0.717) is 17.5 Å². The number of hydrogen-bond donors (Lipinski definition) is 2. The van der Waals surface area contributed by atoms with Gasteiger partial charge in [-0.25, -0.2) is 4.79 Å². The van der Waals surface area contributed by atoms with Crippen molar-refractivity contribution in [3.05, 3.63) is 17.5 Å². The molecule has 1 unspecified atom stereocenters. The molecular weight excluding hydrogens is 291 g/mol. The summed E-state index contributed by atoms with van der Waals surface area (Å²) in [5.41, 5.74) is -1.90. The molecule has 1 aromatic rings. The van der Waals surface area contributed by atoms with Crippen LogP contribution < -0.4 is 5.32 Å². The standard InChI is InChI=1S/C12H16F3N3O3/c1-3-4-5-8(11(20)21)17-10(19)7-6-16-18(2)9(7)12(13,14)15/h6,8H,3-5H2,1-2H3,(H,17,19)(H,20,21). The van der Waals surface area contributed by atoms with Crippen molar-refractivity contribution in [1.82, 2.24) is 15.1 Å². The predicted octanol–water partition coefficient (Wildman–Crippen LogP) is 1.81. The first kappa shape index (κ1) is 17.0. The predicted molar refractivity (Wildman–Crippen MR) is 66.6 cm³/mol. The normalized spacial score (nSPS) is 13.0. The van der Waals surface area contributed by atoms with Crippen molar-refractivity contribution >= 4 is 11.9 Å². The van der Waals surface area contributed by atoms with Crippen molar-refractivity contribution in [3.63, 3.8) is 0 Å². The molecule has 0 fully saturated rings. The number of aryl methyl sites for hydroxylation is 1. The average Bonchev–Trinajstić information content (AvgIpc) is 2.75. The van der Waals surface area contributed by atoms with Crippen LogP contribution in [0.4, 0.5) is 13.2 Å². The zero-order valence-electron chi connectivity index (χ0n) is 11.6. The summed E-state index contributed by atoms with van der Waals surface area (Å²) in [7, 11) is 1.06. The van der Waals surface area contributed by atoms with E-state index in [-0.39, 0.29) is 6.42 Å². The molecule has 1 amide bonds. The Morgan fingerprint density at radius 3 is 2.57 bits per heavy atom. The molecule has 0 aromatic carbocycles. The van der Waals surface area contributed by atoms with Gasteiger partial charge < -0.3 is 10.4 Å². The Labute approximate surface area is 118 Å². The van der Waals surface area contributed by atoms with Crippen LogP contribution in [0, 0.1) is 0 Å². The van der Waals surface area contributed by atoms with Crippen LogP contribution in [0.15, 0.2) is 6.20 Å². The second-order valence-corrected chi connectivity index (χ2v) is 4.53. The maximum Gasteiger partial charge on any atom is 0.433 e. The summed E-state index contributed by atoms with van der Waals surface area (Å²) >= 11 is 0. The van der Waals surface area contributed by atoms with Gasteiger partial charge in [0.25, 0.3) is 5.91 Å². The highest BCUT2D eigenvalue weighted by atomic mass is 19.4. The minimum atomic E-state index is -4.75.